The maximum Gasteiger partial charge on any atom is 0.490 e. The van der Waals surface area contributed by atoms with Crippen LogP contribution in [0, 0.1) is 0 Å². The highest BCUT2D eigenvalue weighted by Gasteiger charge is 2.39. The monoisotopic (exact) mass is 656 g/mol. The average Bonchev–Trinajstić information content (AvgIpc) is 3.41. The quantitative estimate of drug-likeness (QED) is 0.153. The van der Waals surface area contributed by atoms with Crippen LogP contribution in [-0.2, 0) is 30.0 Å². The predicted molar refractivity (Wildman–Crippen MR) is 149 cm³/mol. The van der Waals surface area contributed by atoms with Gasteiger partial charge in [0.25, 0.3) is 0 Å². The number of rotatable bonds is 5. The molecule has 0 amide bonds. The molecular formula is C29H20Cl2F6N4O3. The number of alkyl halides is 6. The van der Waals surface area contributed by atoms with Crippen LogP contribution in [0.15, 0.2) is 79.4 Å². The minimum absolute atomic E-state index is 0.131. The summed E-state index contributed by atoms with van der Waals surface area (Å²) >= 11 is 13.3. The van der Waals surface area contributed by atoms with Gasteiger partial charge in [-0.15, -0.1) is 0 Å². The second kappa shape index (κ2) is 12.4. The Kier molecular flexibility index (Phi) is 9.24. The van der Waals surface area contributed by atoms with Crippen LogP contribution in [0.3, 0.4) is 0 Å². The smallest absolute Gasteiger partial charge is 0.475 e. The Balaban J connectivity index is 0.000000566. The number of fused-ring (bicyclic) bond motifs is 1. The van der Waals surface area contributed by atoms with Gasteiger partial charge < -0.3 is 14.8 Å². The maximum atomic E-state index is 13.2. The predicted octanol–water partition coefficient (Wildman–Crippen LogP) is 7.20. The molecule has 1 unspecified atom stereocenters. The van der Waals surface area contributed by atoms with Crippen LogP contribution in [-0.4, -0.2) is 41.9 Å². The maximum absolute atomic E-state index is 13.2. The van der Waals surface area contributed by atoms with Crippen molar-refractivity contribution in [2.75, 3.05) is 0 Å². The van der Waals surface area contributed by atoms with E-state index >= 15 is 0 Å². The van der Waals surface area contributed by atoms with Crippen molar-refractivity contribution in [2.45, 2.75) is 24.4 Å². The number of pyridine rings is 2. The summed E-state index contributed by atoms with van der Waals surface area (Å²) in [7, 11) is 1.68. The van der Waals surface area contributed by atoms with Gasteiger partial charge in [-0.05, 0) is 29.3 Å². The standard InChI is InChI=1S/C27H19Cl2F3N4O.C2HF3O2/c1-36-15-33-14-23(36)26(37,18-8-10-22(34-13-18)27(30,31)32)17-7-9-21-19(12-17)24(28)20(25(29)35-21)11-16-5-3-2-4-6-16;3-2(4,5)1(6)7/h2-10,12-15,37H,11H2,1H3;(H,6,7). The van der Waals surface area contributed by atoms with Gasteiger partial charge in [0.15, 0.2) is 5.60 Å². The Morgan fingerprint density at radius 2 is 1.57 bits per heavy atom. The van der Waals surface area contributed by atoms with Crippen molar-refractivity contribution in [1.29, 1.82) is 0 Å². The third-order valence-electron chi connectivity index (χ3n) is 6.51. The van der Waals surface area contributed by atoms with Gasteiger partial charge in [0, 0.05) is 36.2 Å². The Hall–Kier alpha value is -4.20. The Morgan fingerprint density at radius 1 is 0.932 bits per heavy atom. The first kappa shape index (κ1) is 32.7. The molecule has 1 atom stereocenters. The Labute approximate surface area is 255 Å². The third kappa shape index (κ3) is 6.79. The molecule has 0 bridgehead atoms. The van der Waals surface area contributed by atoms with Crippen LogP contribution in [0.25, 0.3) is 10.9 Å². The summed E-state index contributed by atoms with van der Waals surface area (Å²) in [6.07, 6.45) is -5.29. The lowest BCUT2D eigenvalue weighted by Gasteiger charge is -2.30. The van der Waals surface area contributed by atoms with Gasteiger partial charge in [0.2, 0.25) is 0 Å². The van der Waals surface area contributed by atoms with Crippen LogP contribution < -0.4 is 0 Å². The average molecular weight is 657 g/mol. The first-order chi connectivity index (χ1) is 20.5. The lowest BCUT2D eigenvalue weighted by Crippen LogP contribution is -2.31. The number of hydrogen-bond acceptors (Lipinski definition) is 5. The zero-order valence-electron chi connectivity index (χ0n) is 22.3. The van der Waals surface area contributed by atoms with Crippen molar-refractivity contribution in [3.63, 3.8) is 0 Å². The molecule has 5 aromatic rings. The number of carboxylic acid groups (broad SMARTS) is 1. The SMILES string of the molecule is Cn1cncc1C(O)(c1ccc(C(F)(F)F)nc1)c1ccc2nc(Cl)c(Cc3ccccc3)c(Cl)c2c1.O=C(O)C(F)(F)F. The molecular weight excluding hydrogens is 637 g/mol. The molecule has 0 spiro atoms. The summed E-state index contributed by atoms with van der Waals surface area (Å²) in [6, 6.07) is 16.6. The van der Waals surface area contributed by atoms with Crippen molar-refractivity contribution >= 4 is 40.1 Å². The zero-order chi connectivity index (χ0) is 32.4. The van der Waals surface area contributed by atoms with E-state index in [0.717, 1.165) is 17.8 Å². The van der Waals surface area contributed by atoms with E-state index in [9.17, 15) is 31.4 Å². The second-order valence-corrected chi connectivity index (χ2v) is 10.2. The van der Waals surface area contributed by atoms with Crippen molar-refractivity contribution in [3.8, 4) is 0 Å². The van der Waals surface area contributed by atoms with Gasteiger partial charge in [-0.2, -0.15) is 26.3 Å². The number of benzene rings is 2. The molecule has 230 valence electrons. The number of aromatic nitrogens is 4. The molecule has 0 radical (unpaired) electrons. The van der Waals surface area contributed by atoms with Gasteiger partial charge >= 0.3 is 18.3 Å². The van der Waals surface area contributed by atoms with E-state index in [1.54, 1.807) is 29.8 Å². The molecule has 3 heterocycles. The fraction of sp³-hybridized carbons (Fsp3) is 0.172. The van der Waals surface area contributed by atoms with E-state index in [1.165, 1.54) is 18.6 Å². The Morgan fingerprint density at radius 3 is 2.09 bits per heavy atom. The molecule has 3 aromatic heterocycles. The van der Waals surface area contributed by atoms with Crippen LogP contribution in [0.4, 0.5) is 26.3 Å². The summed E-state index contributed by atoms with van der Waals surface area (Å²) < 4.78 is 72.8. The van der Waals surface area contributed by atoms with E-state index in [-0.39, 0.29) is 10.7 Å². The fourth-order valence-corrected chi connectivity index (χ4v) is 4.96. The summed E-state index contributed by atoms with van der Waals surface area (Å²) in [6.45, 7) is 0. The Bertz CT molecular complexity index is 1800. The molecule has 0 fully saturated rings. The highest BCUT2D eigenvalue weighted by Crippen LogP contribution is 2.40. The van der Waals surface area contributed by atoms with Gasteiger partial charge in [-0.3, -0.25) is 4.98 Å². The first-order valence-corrected chi connectivity index (χ1v) is 13.1. The molecule has 15 heteroatoms. The van der Waals surface area contributed by atoms with Crippen molar-refractivity contribution in [2.24, 2.45) is 7.05 Å². The highest BCUT2D eigenvalue weighted by atomic mass is 35.5. The molecule has 2 aromatic carbocycles. The minimum Gasteiger partial charge on any atom is -0.475 e. The number of halogens is 8. The summed E-state index contributed by atoms with van der Waals surface area (Å²) in [5.41, 5.74) is -0.0174. The summed E-state index contributed by atoms with van der Waals surface area (Å²) in [5, 5.41) is 20.4. The first-order valence-electron chi connectivity index (χ1n) is 12.4. The molecule has 5 rings (SSSR count). The molecule has 0 saturated carbocycles. The van der Waals surface area contributed by atoms with Crippen LogP contribution in [0.2, 0.25) is 10.2 Å². The second-order valence-electron chi connectivity index (χ2n) is 9.42. The molecule has 2 N–H and O–H groups in total. The number of aryl methyl sites for hydroxylation is 1. The lowest BCUT2D eigenvalue weighted by atomic mass is 9.83. The van der Waals surface area contributed by atoms with E-state index in [4.69, 9.17) is 33.1 Å². The van der Waals surface area contributed by atoms with E-state index in [0.29, 0.717) is 39.2 Å². The van der Waals surface area contributed by atoms with Crippen LogP contribution >= 0.6 is 23.2 Å². The van der Waals surface area contributed by atoms with Crippen molar-refractivity contribution in [1.82, 2.24) is 19.5 Å². The summed E-state index contributed by atoms with van der Waals surface area (Å²) in [4.78, 5) is 21.0. The molecule has 0 aliphatic rings. The van der Waals surface area contributed by atoms with Gasteiger partial charge in [-0.25, -0.2) is 14.8 Å². The number of nitrogens with zero attached hydrogens (tertiary/aromatic N) is 4. The van der Waals surface area contributed by atoms with Gasteiger partial charge in [0.05, 0.1) is 28.8 Å². The van der Waals surface area contributed by atoms with E-state index < -0.39 is 29.6 Å². The fourth-order valence-electron chi connectivity index (χ4n) is 4.36. The number of imidazole rings is 1. The highest BCUT2D eigenvalue weighted by molar-refractivity contribution is 6.39. The van der Waals surface area contributed by atoms with Crippen molar-refractivity contribution in [3.05, 3.63) is 123 Å². The zero-order valence-corrected chi connectivity index (χ0v) is 23.8. The topological polar surface area (TPSA) is 101 Å². The van der Waals surface area contributed by atoms with Crippen LogP contribution in [0.1, 0.15) is 33.6 Å². The lowest BCUT2D eigenvalue weighted by molar-refractivity contribution is -0.192. The minimum atomic E-state index is -5.08. The normalized spacial score (nSPS) is 13.2. The van der Waals surface area contributed by atoms with E-state index in [2.05, 4.69) is 15.0 Å². The third-order valence-corrected chi connectivity index (χ3v) is 7.25. The van der Waals surface area contributed by atoms with Gasteiger partial charge in [-0.1, -0.05) is 65.7 Å². The molecule has 0 saturated heterocycles. The molecule has 7 nitrogen and oxygen atoms in total. The number of carbonyl (C=O) groups is 1. The van der Waals surface area contributed by atoms with Gasteiger partial charge in [0.1, 0.15) is 10.8 Å². The molecule has 0 aliphatic heterocycles. The summed E-state index contributed by atoms with van der Waals surface area (Å²) in [5.74, 6) is -2.76. The number of carboxylic acids is 1. The number of aliphatic carboxylic acids is 1. The largest absolute Gasteiger partial charge is 0.490 e. The number of hydrogen-bond donors (Lipinski definition) is 2. The number of aliphatic hydroxyl groups is 1. The van der Waals surface area contributed by atoms with Crippen molar-refractivity contribution < 1.29 is 41.4 Å². The van der Waals surface area contributed by atoms with E-state index in [1.807, 2.05) is 30.3 Å². The molecule has 44 heavy (non-hydrogen) atoms. The molecule has 0 aliphatic carbocycles. The van der Waals surface area contributed by atoms with Crippen LogP contribution in [0.5, 0.6) is 0 Å².